The zero-order valence-corrected chi connectivity index (χ0v) is 14.1. The van der Waals surface area contributed by atoms with Gasteiger partial charge in [-0.2, -0.15) is 13.2 Å². The molecule has 0 aliphatic heterocycles. The second-order valence-corrected chi connectivity index (χ2v) is 6.47. The van der Waals surface area contributed by atoms with E-state index in [-0.39, 0.29) is 24.6 Å². The molecule has 1 fully saturated rings. The Morgan fingerprint density at radius 3 is 2.78 bits per heavy atom. The van der Waals surface area contributed by atoms with Crippen molar-refractivity contribution in [1.29, 1.82) is 0 Å². The molecule has 0 unspecified atom stereocenters. The molecule has 3 N–H and O–H groups in total. The number of fused-ring (bicyclic) bond motifs is 1. The van der Waals surface area contributed by atoms with Crippen LogP contribution in [0.15, 0.2) is 24.4 Å². The summed E-state index contributed by atoms with van der Waals surface area (Å²) in [4.78, 5) is 15.2. The Bertz CT molecular complexity index is 1000. The number of nitrogens with zero attached hydrogens (tertiary/aromatic N) is 5. The molecule has 1 aliphatic carbocycles. The summed E-state index contributed by atoms with van der Waals surface area (Å²) in [7, 11) is 0. The number of hydrogen-bond donors (Lipinski definition) is 2. The van der Waals surface area contributed by atoms with E-state index in [1.807, 2.05) is 4.57 Å². The van der Waals surface area contributed by atoms with Gasteiger partial charge in [-0.25, -0.2) is 9.67 Å². The van der Waals surface area contributed by atoms with E-state index in [4.69, 9.17) is 5.73 Å². The molecule has 4 rings (SSSR count). The second-order valence-electron chi connectivity index (χ2n) is 6.47. The minimum absolute atomic E-state index is 0.0756. The Labute approximate surface area is 151 Å². The number of hydrogen-bond acceptors (Lipinski definition) is 5. The van der Waals surface area contributed by atoms with Crippen LogP contribution in [-0.2, 0) is 24.1 Å². The number of amides is 1. The molecule has 8 nitrogen and oxygen atoms in total. The van der Waals surface area contributed by atoms with Crippen molar-refractivity contribution in [3.05, 3.63) is 35.7 Å². The highest BCUT2D eigenvalue weighted by atomic mass is 19.4. The Hall–Kier alpha value is -3.11. The lowest BCUT2D eigenvalue weighted by molar-refractivity contribution is -0.137. The van der Waals surface area contributed by atoms with Gasteiger partial charge in [-0.3, -0.25) is 4.79 Å². The number of imidazole rings is 1. The van der Waals surface area contributed by atoms with E-state index in [0.29, 0.717) is 17.2 Å². The van der Waals surface area contributed by atoms with E-state index >= 15 is 0 Å². The van der Waals surface area contributed by atoms with Crippen molar-refractivity contribution in [3.8, 4) is 0 Å². The van der Waals surface area contributed by atoms with Gasteiger partial charge < -0.3 is 15.6 Å². The van der Waals surface area contributed by atoms with Gasteiger partial charge in [0.25, 0.3) is 0 Å². The standard InChI is InChI=1S/C16H16F3N7O/c17-16(18,19)9-1-4-13-12(5-9)22-15(26(13)11-2-3-11)21-6-10-7-25(24-23-10)8-14(20)27/h1,4-5,7,11H,2-3,6,8H2,(H2,20,27)(H,21,22). The van der Waals surface area contributed by atoms with E-state index in [0.717, 1.165) is 25.0 Å². The fourth-order valence-corrected chi connectivity index (χ4v) is 2.93. The highest BCUT2D eigenvalue weighted by Crippen LogP contribution is 2.41. The number of nitrogens with two attached hydrogens (primary N) is 1. The molecule has 0 spiro atoms. The zero-order valence-electron chi connectivity index (χ0n) is 14.1. The maximum atomic E-state index is 13.0. The maximum absolute atomic E-state index is 13.0. The number of carbonyl (C=O) groups is 1. The van der Waals surface area contributed by atoms with Gasteiger partial charge >= 0.3 is 6.18 Å². The van der Waals surface area contributed by atoms with Crippen LogP contribution in [0.4, 0.5) is 19.1 Å². The number of aromatic nitrogens is 5. The van der Waals surface area contributed by atoms with Crippen molar-refractivity contribution < 1.29 is 18.0 Å². The number of nitrogens with one attached hydrogen (secondary N) is 1. The molecule has 0 saturated heterocycles. The van der Waals surface area contributed by atoms with Gasteiger partial charge in [-0.1, -0.05) is 5.21 Å². The van der Waals surface area contributed by atoms with Crippen molar-refractivity contribution >= 4 is 22.9 Å². The van der Waals surface area contributed by atoms with Crippen molar-refractivity contribution in [2.45, 2.75) is 38.1 Å². The number of alkyl halides is 3. The molecule has 1 aliphatic rings. The molecule has 1 saturated carbocycles. The third-order valence-corrected chi connectivity index (χ3v) is 4.26. The lowest BCUT2D eigenvalue weighted by Crippen LogP contribution is -2.18. The summed E-state index contributed by atoms with van der Waals surface area (Å²) in [6.07, 6.45) is -0.931. The molecule has 2 heterocycles. The third kappa shape index (κ3) is 3.57. The van der Waals surface area contributed by atoms with Gasteiger partial charge in [0.2, 0.25) is 11.9 Å². The van der Waals surface area contributed by atoms with Crippen LogP contribution in [0.25, 0.3) is 11.0 Å². The van der Waals surface area contributed by atoms with Crippen LogP contribution in [0.3, 0.4) is 0 Å². The molecular formula is C16H16F3N7O. The SMILES string of the molecule is NC(=O)Cn1cc(CNc2nc3cc(C(F)(F)F)ccc3n2C2CC2)nn1. The first-order valence-electron chi connectivity index (χ1n) is 8.31. The number of benzene rings is 1. The summed E-state index contributed by atoms with van der Waals surface area (Å²) >= 11 is 0. The van der Waals surface area contributed by atoms with Gasteiger partial charge in [-0.05, 0) is 31.0 Å². The molecule has 0 radical (unpaired) electrons. The monoisotopic (exact) mass is 379 g/mol. The number of rotatable bonds is 6. The summed E-state index contributed by atoms with van der Waals surface area (Å²) in [5.74, 6) is -0.0494. The van der Waals surface area contributed by atoms with Crippen LogP contribution < -0.4 is 11.1 Å². The zero-order chi connectivity index (χ0) is 19.2. The molecule has 11 heteroatoms. The van der Waals surface area contributed by atoms with Gasteiger partial charge in [0.05, 0.1) is 29.3 Å². The molecule has 142 valence electrons. The van der Waals surface area contributed by atoms with Crippen molar-refractivity contribution in [1.82, 2.24) is 24.5 Å². The highest BCUT2D eigenvalue weighted by molar-refractivity contribution is 5.80. The van der Waals surface area contributed by atoms with Crippen LogP contribution in [0, 0.1) is 0 Å². The average Bonchev–Trinajstić information content (AvgIpc) is 3.21. The minimum atomic E-state index is -4.41. The van der Waals surface area contributed by atoms with Crippen LogP contribution >= 0.6 is 0 Å². The topological polar surface area (TPSA) is 104 Å². The molecule has 1 aromatic carbocycles. The molecule has 1 amide bonds. The third-order valence-electron chi connectivity index (χ3n) is 4.26. The Kier molecular flexibility index (Phi) is 4.01. The van der Waals surface area contributed by atoms with Gasteiger partial charge in [0, 0.05) is 6.04 Å². The lowest BCUT2D eigenvalue weighted by atomic mass is 10.2. The van der Waals surface area contributed by atoms with Crippen LogP contribution in [0.1, 0.15) is 30.1 Å². The first-order valence-corrected chi connectivity index (χ1v) is 8.31. The normalized spacial score (nSPS) is 14.6. The predicted octanol–water partition coefficient (Wildman–Crippen LogP) is 2.08. The Morgan fingerprint density at radius 1 is 1.33 bits per heavy atom. The van der Waals surface area contributed by atoms with Gasteiger partial charge in [0.15, 0.2) is 0 Å². The molecular weight excluding hydrogens is 363 g/mol. The number of anilines is 1. The van der Waals surface area contributed by atoms with Crippen LogP contribution in [0.5, 0.6) is 0 Å². The summed E-state index contributed by atoms with van der Waals surface area (Å²) in [6.45, 7) is 0.189. The Morgan fingerprint density at radius 2 is 2.11 bits per heavy atom. The lowest BCUT2D eigenvalue weighted by Gasteiger charge is -2.09. The first kappa shape index (κ1) is 17.3. The van der Waals surface area contributed by atoms with E-state index in [2.05, 4.69) is 20.6 Å². The predicted molar refractivity (Wildman–Crippen MR) is 89.5 cm³/mol. The first-order chi connectivity index (χ1) is 12.8. The molecule has 0 atom stereocenters. The average molecular weight is 379 g/mol. The van der Waals surface area contributed by atoms with Gasteiger partial charge in [-0.15, -0.1) is 5.10 Å². The van der Waals surface area contributed by atoms with Crippen LogP contribution in [0.2, 0.25) is 0 Å². The minimum Gasteiger partial charge on any atom is -0.368 e. The van der Waals surface area contributed by atoms with E-state index in [1.165, 1.54) is 10.7 Å². The van der Waals surface area contributed by atoms with Crippen LogP contribution in [-0.4, -0.2) is 30.5 Å². The second kappa shape index (κ2) is 6.25. The van der Waals surface area contributed by atoms with E-state index in [1.54, 1.807) is 6.20 Å². The highest BCUT2D eigenvalue weighted by Gasteiger charge is 2.33. The maximum Gasteiger partial charge on any atom is 0.416 e. The largest absolute Gasteiger partial charge is 0.416 e. The number of halogens is 3. The molecule has 3 aromatic rings. The quantitative estimate of drug-likeness (QED) is 0.682. The summed E-state index contributed by atoms with van der Waals surface area (Å²) in [5.41, 5.74) is 5.89. The Balaban J connectivity index is 1.60. The van der Waals surface area contributed by atoms with E-state index < -0.39 is 17.6 Å². The number of primary amides is 1. The molecule has 2 aromatic heterocycles. The van der Waals surface area contributed by atoms with E-state index in [9.17, 15) is 18.0 Å². The molecule has 27 heavy (non-hydrogen) atoms. The van der Waals surface area contributed by atoms with Crippen molar-refractivity contribution in [3.63, 3.8) is 0 Å². The fourth-order valence-electron chi connectivity index (χ4n) is 2.93. The molecule has 0 bridgehead atoms. The fraction of sp³-hybridized carbons (Fsp3) is 0.375. The summed E-state index contributed by atoms with van der Waals surface area (Å²) in [5, 5.41) is 10.8. The smallest absolute Gasteiger partial charge is 0.368 e. The summed E-state index contributed by atoms with van der Waals surface area (Å²) in [6, 6.07) is 3.81. The summed E-state index contributed by atoms with van der Waals surface area (Å²) < 4.78 is 42.1. The number of carbonyl (C=O) groups excluding carboxylic acids is 1. The van der Waals surface area contributed by atoms with Gasteiger partial charge in [0.1, 0.15) is 12.2 Å². The van der Waals surface area contributed by atoms with Crippen molar-refractivity contribution in [2.75, 3.05) is 5.32 Å². The van der Waals surface area contributed by atoms with Crippen molar-refractivity contribution in [2.24, 2.45) is 5.73 Å².